The third-order valence-electron chi connectivity index (χ3n) is 3.30. The molecule has 2 nitrogen and oxygen atoms in total. The molecule has 102 valence electrons. The fourth-order valence-corrected chi connectivity index (χ4v) is 4.21. The second-order valence-electron chi connectivity index (χ2n) is 5.92. The monoisotopic (exact) mass is 283 g/mol. The van der Waals surface area contributed by atoms with Crippen molar-refractivity contribution in [2.24, 2.45) is 9.78 Å². The van der Waals surface area contributed by atoms with Gasteiger partial charge in [0.25, 0.3) is 5.91 Å². The molecule has 3 heteroatoms. The van der Waals surface area contributed by atoms with E-state index >= 15 is 0 Å². The third kappa shape index (κ3) is 2.12. The van der Waals surface area contributed by atoms with Gasteiger partial charge in [-0.25, -0.2) is 0 Å². The van der Waals surface area contributed by atoms with Crippen LogP contribution >= 0.6 is 0 Å². The van der Waals surface area contributed by atoms with Crippen molar-refractivity contribution in [1.82, 2.24) is 0 Å². The summed E-state index contributed by atoms with van der Waals surface area (Å²) in [4.78, 5) is 14.6. The van der Waals surface area contributed by atoms with E-state index in [1.807, 2.05) is 45.0 Å². The van der Waals surface area contributed by atoms with E-state index in [9.17, 15) is 4.79 Å². The average Bonchev–Trinajstić information content (AvgIpc) is 2.73. The van der Waals surface area contributed by atoms with Gasteiger partial charge < -0.3 is 0 Å². The SMILES string of the molecule is CC(C)(C)C(=O)N=S1c2ccccc2-c2ccccc21. The van der Waals surface area contributed by atoms with Crippen molar-refractivity contribution in [2.45, 2.75) is 30.6 Å². The Bertz CT molecular complexity index is 678. The Kier molecular flexibility index (Phi) is 3.09. The van der Waals surface area contributed by atoms with Crippen molar-refractivity contribution < 1.29 is 4.79 Å². The van der Waals surface area contributed by atoms with Crippen LogP contribution in [-0.4, -0.2) is 5.91 Å². The summed E-state index contributed by atoms with van der Waals surface area (Å²) >= 11 is 0. The number of nitrogens with zero attached hydrogens (tertiary/aromatic N) is 1. The van der Waals surface area contributed by atoms with Gasteiger partial charge in [0.15, 0.2) is 0 Å². The third-order valence-corrected chi connectivity index (χ3v) is 5.19. The molecule has 2 aromatic carbocycles. The second-order valence-corrected chi connectivity index (χ2v) is 7.55. The summed E-state index contributed by atoms with van der Waals surface area (Å²) in [6.07, 6.45) is 0. The molecule has 0 aromatic heterocycles. The summed E-state index contributed by atoms with van der Waals surface area (Å²) < 4.78 is 4.52. The Morgan fingerprint density at radius 3 is 1.80 bits per heavy atom. The molecule has 20 heavy (non-hydrogen) atoms. The molecule has 0 N–H and O–H groups in total. The first-order chi connectivity index (χ1) is 9.48. The second kappa shape index (κ2) is 4.67. The van der Waals surface area contributed by atoms with E-state index in [0.717, 1.165) is 9.79 Å². The quantitative estimate of drug-likeness (QED) is 0.599. The zero-order chi connectivity index (χ0) is 14.3. The normalized spacial score (nSPS) is 13.8. The van der Waals surface area contributed by atoms with Crippen molar-refractivity contribution in [3.05, 3.63) is 48.5 Å². The maximum atomic E-state index is 12.3. The maximum absolute atomic E-state index is 12.3. The predicted molar refractivity (Wildman–Crippen MR) is 82.7 cm³/mol. The fraction of sp³-hybridized carbons (Fsp3) is 0.235. The molecular formula is C17H17NOS. The Hall–Kier alpha value is -1.74. The van der Waals surface area contributed by atoms with Gasteiger partial charge in [-0.05, 0) is 34.0 Å². The van der Waals surface area contributed by atoms with Crippen molar-refractivity contribution in [3.8, 4) is 11.1 Å². The molecule has 0 spiro atoms. The zero-order valence-electron chi connectivity index (χ0n) is 11.9. The van der Waals surface area contributed by atoms with Crippen LogP contribution in [-0.2, 0) is 15.5 Å². The fourth-order valence-electron chi connectivity index (χ4n) is 2.15. The lowest BCUT2D eigenvalue weighted by atomic mass is 9.96. The molecule has 0 aliphatic carbocycles. The number of amides is 1. The Labute approximate surface area is 121 Å². The Balaban J connectivity index is 2.22. The number of carbonyl (C=O) groups excluding carboxylic acids is 1. The van der Waals surface area contributed by atoms with E-state index < -0.39 is 16.1 Å². The lowest BCUT2D eigenvalue weighted by molar-refractivity contribution is -0.124. The van der Waals surface area contributed by atoms with Gasteiger partial charge in [-0.3, -0.25) is 4.79 Å². The van der Waals surface area contributed by atoms with E-state index in [1.165, 1.54) is 11.1 Å². The maximum Gasteiger partial charge on any atom is 0.257 e. The van der Waals surface area contributed by atoms with E-state index in [-0.39, 0.29) is 5.91 Å². The van der Waals surface area contributed by atoms with Crippen molar-refractivity contribution in [3.63, 3.8) is 0 Å². The lowest BCUT2D eigenvalue weighted by Crippen LogP contribution is -2.18. The van der Waals surface area contributed by atoms with Crippen LogP contribution in [0.25, 0.3) is 11.1 Å². The number of carbonyl (C=O) groups is 1. The molecule has 1 aliphatic rings. The molecular weight excluding hydrogens is 266 g/mol. The molecule has 0 saturated carbocycles. The molecule has 1 amide bonds. The standard InChI is InChI=1S/C17H17NOS/c1-17(2,3)16(19)18-20-14-10-6-4-8-12(14)13-9-5-7-11-15(13)20/h4-11H,1-3H3. The molecule has 0 unspecified atom stereocenters. The van der Waals surface area contributed by atoms with E-state index in [0.29, 0.717) is 0 Å². The van der Waals surface area contributed by atoms with Gasteiger partial charge in [-0.15, -0.1) is 0 Å². The number of fused-ring (bicyclic) bond motifs is 3. The minimum atomic E-state index is -0.478. The van der Waals surface area contributed by atoms with E-state index in [4.69, 9.17) is 0 Å². The number of benzene rings is 2. The van der Waals surface area contributed by atoms with E-state index in [2.05, 4.69) is 28.6 Å². The first-order valence-corrected chi connectivity index (χ1v) is 7.85. The largest absolute Gasteiger partial charge is 0.271 e. The number of hydrogen-bond donors (Lipinski definition) is 0. The molecule has 0 bridgehead atoms. The van der Waals surface area contributed by atoms with Gasteiger partial charge in [-0.1, -0.05) is 57.2 Å². The highest BCUT2D eigenvalue weighted by Crippen LogP contribution is 2.41. The minimum Gasteiger partial charge on any atom is -0.271 e. The number of hydrogen-bond acceptors (Lipinski definition) is 1. The van der Waals surface area contributed by atoms with Crippen LogP contribution in [0.3, 0.4) is 0 Å². The minimum absolute atomic E-state index is 0.0349. The van der Waals surface area contributed by atoms with Crippen LogP contribution in [0, 0.1) is 5.41 Å². The smallest absolute Gasteiger partial charge is 0.257 e. The van der Waals surface area contributed by atoms with Gasteiger partial charge in [0, 0.05) is 15.2 Å². The highest BCUT2D eigenvalue weighted by Gasteiger charge is 2.27. The average molecular weight is 283 g/mol. The van der Waals surface area contributed by atoms with Crippen molar-refractivity contribution >= 4 is 16.6 Å². The molecule has 0 saturated heterocycles. The summed E-state index contributed by atoms with van der Waals surface area (Å²) in [5.74, 6) is -0.0349. The first kappa shape index (κ1) is 13.3. The van der Waals surface area contributed by atoms with Crippen LogP contribution in [0.15, 0.2) is 62.7 Å². The van der Waals surface area contributed by atoms with Gasteiger partial charge in [-0.2, -0.15) is 4.36 Å². The molecule has 2 aromatic rings. The van der Waals surface area contributed by atoms with Gasteiger partial charge in [0.2, 0.25) is 0 Å². The first-order valence-electron chi connectivity index (χ1n) is 6.67. The predicted octanol–water partition coefficient (Wildman–Crippen LogP) is 4.46. The van der Waals surface area contributed by atoms with Gasteiger partial charge >= 0.3 is 0 Å². The highest BCUT2D eigenvalue weighted by atomic mass is 32.2. The Morgan fingerprint density at radius 2 is 1.35 bits per heavy atom. The van der Waals surface area contributed by atoms with Crippen molar-refractivity contribution in [2.75, 3.05) is 0 Å². The van der Waals surface area contributed by atoms with Crippen LogP contribution in [0.5, 0.6) is 0 Å². The summed E-state index contributed by atoms with van der Waals surface area (Å²) in [5.41, 5.74) is 1.98. The Morgan fingerprint density at radius 1 is 0.900 bits per heavy atom. The van der Waals surface area contributed by atoms with Crippen LogP contribution in [0.4, 0.5) is 0 Å². The van der Waals surface area contributed by atoms with Gasteiger partial charge in [0.05, 0.1) is 0 Å². The summed E-state index contributed by atoms with van der Waals surface area (Å²) in [5, 5.41) is 0. The van der Waals surface area contributed by atoms with Crippen molar-refractivity contribution in [1.29, 1.82) is 0 Å². The van der Waals surface area contributed by atoms with Gasteiger partial charge in [0.1, 0.15) is 0 Å². The number of rotatable bonds is 0. The topological polar surface area (TPSA) is 29.4 Å². The highest BCUT2D eigenvalue weighted by molar-refractivity contribution is 7.88. The molecule has 1 heterocycles. The molecule has 1 aliphatic heterocycles. The van der Waals surface area contributed by atoms with E-state index in [1.54, 1.807) is 0 Å². The molecule has 0 atom stereocenters. The molecule has 0 fully saturated rings. The van der Waals surface area contributed by atoms with Crippen LogP contribution in [0.2, 0.25) is 0 Å². The molecule has 0 radical (unpaired) electrons. The summed E-state index contributed by atoms with van der Waals surface area (Å²) in [6, 6.07) is 16.5. The van der Waals surface area contributed by atoms with Crippen LogP contribution < -0.4 is 0 Å². The zero-order valence-corrected chi connectivity index (χ0v) is 12.7. The summed E-state index contributed by atoms with van der Waals surface area (Å²) in [7, 11) is -0.478. The lowest BCUT2D eigenvalue weighted by Gasteiger charge is -2.13. The molecule has 3 rings (SSSR count). The van der Waals surface area contributed by atoms with Crippen LogP contribution in [0.1, 0.15) is 20.8 Å². The summed E-state index contributed by atoms with van der Waals surface area (Å²) in [6.45, 7) is 5.74.